The molecule has 0 atom stereocenters. The second-order valence-electron chi connectivity index (χ2n) is 6.03. The van der Waals surface area contributed by atoms with Crippen LogP contribution in [0.4, 0.5) is 13.2 Å². The quantitative estimate of drug-likeness (QED) is 0.790. The van der Waals surface area contributed by atoms with E-state index in [-0.39, 0.29) is 12.5 Å². The molecular weight excluding hydrogens is 367 g/mol. The number of hydrogen-bond donors (Lipinski definition) is 1. The van der Waals surface area contributed by atoms with Crippen molar-refractivity contribution in [2.45, 2.75) is 6.18 Å². The lowest BCUT2D eigenvalue weighted by molar-refractivity contribution is -0.139. The molecule has 1 aromatic rings. The predicted molar refractivity (Wildman–Crippen MR) is 91.0 cm³/mol. The summed E-state index contributed by atoms with van der Waals surface area (Å²) in [5.41, 5.74) is 0.448. The van der Waals surface area contributed by atoms with Gasteiger partial charge in [0.25, 0.3) is 5.91 Å². The van der Waals surface area contributed by atoms with Crippen LogP contribution in [-0.2, 0) is 4.79 Å². The van der Waals surface area contributed by atoms with Crippen LogP contribution in [0.25, 0.3) is 0 Å². The molecule has 1 fully saturated rings. The summed E-state index contributed by atoms with van der Waals surface area (Å²) in [6, 6.07) is 4.88. The fourth-order valence-corrected chi connectivity index (χ4v) is 2.72. The smallest absolute Gasteiger partial charge is 0.405 e. The minimum Gasteiger partial charge on any atom is -0.493 e. The Morgan fingerprint density at radius 3 is 2.26 bits per heavy atom. The Morgan fingerprint density at radius 2 is 1.70 bits per heavy atom. The zero-order valence-corrected chi connectivity index (χ0v) is 15.1. The van der Waals surface area contributed by atoms with Gasteiger partial charge in [-0.1, -0.05) is 0 Å². The number of carbonyl (C=O) groups excluding carboxylic acids is 2. The molecule has 1 N–H and O–H groups in total. The van der Waals surface area contributed by atoms with E-state index >= 15 is 0 Å². The van der Waals surface area contributed by atoms with Gasteiger partial charge in [0.1, 0.15) is 6.54 Å². The molecule has 2 amide bonds. The van der Waals surface area contributed by atoms with E-state index in [1.165, 1.54) is 14.2 Å². The van der Waals surface area contributed by atoms with E-state index in [0.717, 1.165) is 0 Å². The zero-order valence-electron chi connectivity index (χ0n) is 15.1. The highest BCUT2D eigenvalue weighted by Gasteiger charge is 2.29. The normalized spacial score (nSPS) is 15.4. The number of ether oxygens (including phenoxy) is 2. The number of alkyl halides is 3. The summed E-state index contributed by atoms with van der Waals surface area (Å²) in [7, 11) is 2.98. The third kappa shape index (κ3) is 6.02. The first-order valence-corrected chi connectivity index (χ1v) is 8.30. The summed E-state index contributed by atoms with van der Waals surface area (Å²) in [4.78, 5) is 27.5. The average Bonchev–Trinajstić information content (AvgIpc) is 2.65. The number of nitrogens with one attached hydrogen (secondary N) is 1. The van der Waals surface area contributed by atoms with Crippen LogP contribution in [0.3, 0.4) is 0 Å². The number of amides is 2. The third-order valence-electron chi connectivity index (χ3n) is 4.14. The van der Waals surface area contributed by atoms with E-state index < -0.39 is 18.6 Å². The summed E-state index contributed by atoms with van der Waals surface area (Å²) in [5.74, 6) is 0.0937. The molecule has 2 rings (SSSR count). The lowest BCUT2D eigenvalue weighted by Crippen LogP contribution is -2.51. The summed E-state index contributed by atoms with van der Waals surface area (Å²) < 4.78 is 46.7. The average molecular weight is 389 g/mol. The molecule has 1 saturated heterocycles. The molecule has 0 bridgehead atoms. The largest absolute Gasteiger partial charge is 0.493 e. The fourth-order valence-electron chi connectivity index (χ4n) is 2.72. The van der Waals surface area contributed by atoms with Crippen molar-refractivity contribution < 1.29 is 32.2 Å². The lowest BCUT2D eigenvalue weighted by Gasteiger charge is -2.34. The summed E-state index contributed by atoms with van der Waals surface area (Å²) >= 11 is 0. The highest BCUT2D eigenvalue weighted by molar-refractivity contribution is 5.95. The Labute approximate surface area is 155 Å². The molecule has 1 aliphatic heterocycles. The zero-order chi connectivity index (χ0) is 20.0. The van der Waals surface area contributed by atoms with Crippen LogP contribution < -0.4 is 14.8 Å². The summed E-state index contributed by atoms with van der Waals surface area (Å²) in [6.07, 6.45) is -4.43. The van der Waals surface area contributed by atoms with E-state index in [4.69, 9.17) is 9.47 Å². The van der Waals surface area contributed by atoms with Gasteiger partial charge in [-0.3, -0.25) is 14.5 Å². The number of methoxy groups -OCH3 is 2. The molecule has 0 aromatic heterocycles. The van der Waals surface area contributed by atoms with Gasteiger partial charge in [-0.25, -0.2) is 0 Å². The van der Waals surface area contributed by atoms with Crippen molar-refractivity contribution in [2.75, 3.05) is 53.5 Å². The van der Waals surface area contributed by atoms with Crippen LogP contribution in [-0.4, -0.2) is 81.3 Å². The van der Waals surface area contributed by atoms with Gasteiger partial charge in [-0.15, -0.1) is 0 Å². The monoisotopic (exact) mass is 389 g/mol. The van der Waals surface area contributed by atoms with Gasteiger partial charge in [-0.05, 0) is 18.2 Å². The van der Waals surface area contributed by atoms with Crippen LogP contribution >= 0.6 is 0 Å². The van der Waals surface area contributed by atoms with E-state index in [1.807, 2.05) is 5.32 Å². The number of piperazine rings is 1. The molecular formula is C17H22F3N3O4. The molecule has 0 unspecified atom stereocenters. The van der Waals surface area contributed by atoms with Gasteiger partial charge in [0.05, 0.1) is 20.8 Å². The Morgan fingerprint density at radius 1 is 1.07 bits per heavy atom. The van der Waals surface area contributed by atoms with Crippen LogP contribution in [0.2, 0.25) is 0 Å². The van der Waals surface area contributed by atoms with E-state index in [0.29, 0.717) is 43.2 Å². The number of rotatable bonds is 6. The first-order chi connectivity index (χ1) is 12.7. The van der Waals surface area contributed by atoms with Crippen LogP contribution in [0, 0.1) is 0 Å². The van der Waals surface area contributed by atoms with Gasteiger partial charge in [0.2, 0.25) is 5.91 Å². The highest BCUT2D eigenvalue weighted by atomic mass is 19.4. The molecule has 0 saturated carbocycles. The van der Waals surface area contributed by atoms with Crippen LogP contribution in [0.1, 0.15) is 10.4 Å². The number of nitrogens with zero attached hydrogens (tertiary/aromatic N) is 2. The lowest BCUT2D eigenvalue weighted by atomic mass is 10.1. The maximum Gasteiger partial charge on any atom is 0.405 e. The second kappa shape index (κ2) is 8.94. The molecule has 1 aromatic carbocycles. The highest BCUT2D eigenvalue weighted by Crippen LogP contribution is 2.28. The van der Waals surface area contributed by atoms with Crippen molar-refractivity contribution >= 4 is 11.8 Å². The maximum atomic E-state index is 12.6. The number of carbonyl (C=O) groups is 2. The molecule has 1 heterocycles. The van der Waals surface area contributed by atoms with Crippen molar-refractivity contribution in [3.8, 4) is 11.5 Å². The van der Waals surface area contributed by atoms with E-state index in [1.54, 1.807) is 28.0 Å². The minimum atomic E-state index is -4.43. The van der Waals surface area contributed by atoms with Gasteiger partial charge in [0, 0.05) is 31.7 Å². The molecule has 10 heteroatoms. The summed E-state index contributed by atoms with van der Waals surface area (Å²) in [6.45, 7) is 0.0778. The van der Waals surface area contributed by atoms with Crippen LogP contribution in [0.5, 0.6) is 11.5 Å². The van der Waals surface area contributed by atoms with Crippen LogP contribution in [0.15, 0.2) is 18.2 Å². The van der Waals surface area contributed by atoms with Crippen molar-refractivity contribution in [3.63, 3.8) is 0 Å². The number of halogens is 3. The van der Waals surface area contributed by atoms with Gasteiger partial charge in [-0.2, -0.15) is 13.2 Å². The second-order valence-corrected chi connectivity index (χ2v) is 6.03. The first kappa shape index (κ1) is 20.8. The van der Waals surface area contributed by atoms with Gasteiger partial charge >= 0.3 is 6.18 Å². The van der Waals surface area contributed by atoms with Crippen molar-refractivity contribution in [3.05, 3.63) is 23.8 Å². The molecule has 0 spiro atoms. The maximum absolute atomic E-state index is 12.6. The standard InChI is InChI=1S/C17H22F3N3O4/c1-26-13-4-3-12(9-14(13)27-2)16(25)23-7-5-22(6-8-23)10-15(24)21-11-17(18,19)20/h3-4,9H,5-8,10-11H2,1-2H3,(H,21,24). The molecule has 150 valence electrons. The number of benzene rings is 1. The predicted octanol–water partition coefficient (Wildman–Crippen LogP) is 1.14. The summed E-state index contributed by atoms with van der Waals surface area (Å²) in [5, 5.41) is 1.84. The van der Waals surface area contributed by atoms with Crippen molar-refractivity contribution in [1.82, 2.24) is 15.1 Å². The molecule has 27 heavy (non-hydrogen) atoms. The minimum absolute atomic E-state index is 0.130. The Bertz CT molecular complexity index is 674. The van der Waals surface area contributed by atoms with Gasteiger partial charge in [0.15, 0.2) is 11.5 Å². The van der Waals surface area contributed by atoms with Crippen molar-refractivity contribution in [2.24, 2.45) is 0 Å². The molecule has 1 aliphatic rings. The molecule has 0 aliphatic carbocycles. The molecule has 7 nitrogen and oxygen atoms in total. The third-order valence-corrected chi connectivity index (χ3v) is 4.14. The molecule has 0 radical (unpaired) electrons. The Balaban J connectivity index is 1.86. The Hall–Kier alpha value is -2.49. The van der Waals surface area contributed by atoms with Gasteiger partial charge < -0.3 is 19.7 Å². The topological polar surface area (TPSA) is 71.1 Å². The first-order valence-electron chi connectivity index (χ1n) is 8.30. The van der Waals surface area contributed by atoms with E-state index in [9.17, 15) is 22.8 Å². The fraction of sp³-hybridized carbons (Fsp3) is 0.529. The Kier molecular flexibility index (Phi) is 6.89. The van der Waals surface area contributed by atoms with E-state index in [2.05, 4.69) is 0 Å². The van der Waals surface area contributed by atoms with Crippen molar-refractivity contribution in [1.29, 1.82) is 0 Å². The SMILES string of the molecule is COc1ccc(C(=O)N2CCN(CC(=O)NCC(F)(F)F)CC2)cc1OC. The number of hydrogen-bond acceptors (Lipinski definition) is 5.